The minimum Gasteiger partial charge on any atom is -0.465 e. The summed E-state index contributed by atoms with van der Waals surface area (Å²) in [6.07, 6.45) is 2.65. The summed E-state index contributed by atoms with van der Waals surface area (Å²) >= 11 is 0. The summed E-state index contributed by atoms with van der Waals surface area (Å²) < 4.78 is 9.91. The first-order valence-electron chi connectivity index (χ1n) is 8.72. The van der Waals surface area contributed by atoms with Gasteiger partial charge in [0.05, 0.1) is 6.61 Å². The molecule has 4 heteroatoms. The Morgan fingerprint density at radius 2 is 1.42 bits per heavy atom. The van der Waals surface area contributed by atoms with Crippen molar-refractivity contribution < 1.29 is 19.1 Å². The van der Waals surface area contributed by atoms with E-state index in [-0.39, 0.29) is 25.6 Å². The van der Waals surface area contributed by atoms with Crippen LogP contribution in [0.3, 0.4) is 0 Å². The molecule has 0 aliphatic heterocycles. The Labute approximate surface area is 154 Å². The van der Waals surface area contributed by atoms with Gasteiger partial charge < -0.3 is 9.47 Å². The van der Waals surface area contributed by atoms with Crippen LogP contribution in [0.25, 0.3) is 0 Å². The molecule has 2 aromatic carbocycles. The van der Waals surface area contributed by atoms with Crippen molar-refractivity contribution in [1.29, 1.82) is 0 Å². The number of hydrogen-bond donors (Lipinski definition) is 0. The van der Waals surface area contributed by atoms with E-state index in [1.165, 1.54) is 17.2 Å². The van der Waals surface area contributed by atoms with Crippen LogP contribution in [0.5, 0.6) is 0 Å². The number of carbonyl (C=O) groups is 2. The van der Waals surface area contributed by atoms with Crippen molar-refractivity contribution in [2.45, 2.75) is 25.2 Å². The Kier molecular flexibility index (Phi) is 8.13. The van der Waals surface area contributed by atoms with Crippen molar-refractivity contribution in [2.75, 3.05) is 13.2 Å². The fraction of sp³-hybridized carbons (Fsp3) is 0.273. The van der Waals surface area contributed by atoms with E-state index < -0.39 is 11.9 Å². The monoisotopic (exact) mass is 352 g/mol. The molecule has 136 valence electrons. The minimum atomic E-state index is -0.596. The summed E-state index contributed by atoms with van der Waals surface area (Å²) in [4.78, 5) is 23.0. The highest BCUT2D eigenvalue weighted by molar-refractivity contribution is 5.91. The zero-order valence-electron chi connectivity index (χ0n) is 14.8. The van der Waals surface area contributed by atoms with Crippen LogP contribution in [-0.2, 0) is 19.1 Å². The average molecular weight is 352 g/mol. The quantitative estimate of drug-likeness (QED) is 0.277. The molecule has 0 saturated heterocycles. The molecular formula is C22H24O4. The van der Waals surface area contributed by atoms with Crippen molar-refractivity contribution in [3.05, 3.63) is 84.4 Å². The Morgan fingerprint density at radius 1 is 0.885 bits per heavy atom. The van der Waals surface area contributed by atoms with Gasteiger partial charge in [0.2, 0.25) is 0 Å². The number of esters is 2. The summed E-state index contributed by atoms with van der Waals surface area (Å²) in [5.41, 5.74) is 2.47. The van der Waals surface area contributed by atoms with Gasteiger partial charge >= 0.3 is 11.9 Å². The van der Waals surface area contributed by atoms with Crippen LogP contribution >= 0.6 is 0 Å². The maximum Gasteiger partial charge on any atom is 0.317 e. The molecule has 4 nitrogen and oxygen atoms in total. The molecule has 0 saturated carbocycles. The largest absolute Gasteiger partial charge is 0.465 e. The first kappa shape index (κ1) is 19.4. The molecule has 0 spiro atoms. The molecule has 0 aromatic heterocycles. The van der Waals surface area contributed by atoms with E-state index in [0.717, 1.165) is 6.42 Å². The van der Waals surface area contributed by atoms with Crippen molar-refractivity contribution in [1.82, 2.24) is 0 Å². The average Bonchev–Trinajstić information content (AvgIpc) is 2.67. The second-order valence-electron chi connectivity index (χ2n) is 5.89. The van der Waals surface area contributed by atoms with E-state index in [0.29, 0.717) is 6.42 Å². The van der Waals surface area contributed by atoms with Crippen molar-refractivity contribution in [3.8, 4) is 0 Å². The highest BCUT2D eigenvalue weighted by Crippen LogP contribution is 2.28. The summed E-state index contributed by atoms with van der Waals surface area (Å²) in [7, 11) is 0. The van der Waals surface area contributed by atoms with Gasteiger partial charge in [0, 0.05) is 5.92 Å². The number of carbonyl (C=O) groups excluding carboxylic acids is 2. The molecule has 0 aliphatic carbocycles. The molecule has 0 radical (unpaired) electrons. The SMILES string of the molecule is C=CCOC(=O)CC(=O)OCCCC(c1ccccc1)c1ccccc1. The van der Waals surface area contributed by atoms with Crippen LogP contribution in [0, 0.1) is 0 Å². The van der Waals surface area contributed by atoms with Gasteiger partial charge in [-0.25, -0.2) is 0 Å². The maximum absolute atomic E-state index is 11.7. The number of benzene rings is 2. The van der Waals surface area contributed by atoms with Crippen molar-refractivity contribution in [2.24, 2.45) is 0 Å². The van der Waals surface area contributed by atoms with Crippen LogP contribution in [0.1, 0.15) is 36.3 Å². The molecular weight excluding hydrogens is 328 g/mol. The molecule has 0 heterocycles. The van der Waals surface area contributed by atoms with Crippen LogP contribution in [0.15, 0.2) is 73.3 Å². The first-order chi connectivity index (χ1) is 12.7. The maximum atomic E-state index is 11.7. The summed E-state index contributed by atoms with van der Waals surface area (Å²) in [6.45, 7) is 3.83. The van der Waals surface area contributed by atoms with Crippen molar-refractivity contribution >= 4 is 11.9 Å². The van der Waals surface area contributed by atoms with Gasteiger partial charge in [-0.05, 0) is 24.0 Å². The lowest BCUT2D eigenvalue weighted by Crippen LogP contribution is -2.15. The molecule has 0 fully saturated rings. The second-order valence-corrected chi connectivity index (χ2v) is 5.89. The van der Waals surface area contributed by atoms with E-state index in [4.69, 9.17) is 9.47 Å². The third kappa shape index (κ3) is 6.55. The van der Waals surface area contributed by atoms with Crippen LogP contribution in [0.4, 0.5) is 0 Å². The third-order valence-corrected chi connectivity index (χ3v) is 3.95. The van der Waals surface area contributed by atoms with Gasteiger partial charge in [-0.1, -0.05) is 73.3 Å². The fourth-order valence-electron chi connectivity index (χ4n) is 2.74. The fourth-order valence-corrected chi connectivity index (χ4v) is 2.74. The summed E-state index contributed by atoms with van der Waals surface area (Å²) in [6, 6.07) is 20.6. The molecule has 2 aromatic rings. The van der Waals surface area contributed by atoms with Crippen LogP contribution < -0.4 is 0 Å². The van der Waals surface area contributed by atoms with Gasteiger partial charge in [-0.2, -0.15) is 0 Å². The van der Waals surface area contributed by atoms with Gasteiger partial charge in [-0.15, -0.1) is 0 Å². The summed E-state index contributed by atoms with van der Waals surface area (Å²) in [5, 5.41) is 0. The molecule has 26 heavy (non-hydrogen) atoms. The van der Waals surface area contributed by atoms with Crippen LogP contribution in [0.2, 0.25) is 0 Å². The lowest BCUT2D eigenvalue weighted by Gasteiger charge is -2.18. The normalized spacial score (nSPS) is 10.3. The topological polar surface area (TPSA) is 52.6 Å². The van der Waals surface area contributed by atoms with E-state index in [1.807, 2.05) is 36.4 Å². The molecule has 0 N–H and O–H groups in total. The molecule has 0 atom stereocenters. The lowest BCUT2D eigenvalue weighted by atomic mass is 9.88. The minimum absolute atomic E-state index is 0.0992. The second kappa shape index (κ2) is 10.9. The molecule has 0 bridgehead atoms. The third-order valence-electron chi connectivity index (χ3n) is 3.95. The summed E-state index contributed by atoms with van der Waals surface area (Å²) in [5.74, 6) is -0.912. The molecule has 2 rings (SSSR count). The smallest absolute Gasteiger partial charge is 0.317 e. The zero-order valence-corrected chi connectivity index (χ0v) is 14.8. The molecule has 0 unspecified atom stereocenters. The van der Waals surface area contributed by atoms with Crippen LogP contribution in [-0.4, -0.2) is 25.2 Å². The van der Waals surface area contributed by atoms with E-state index >= 15 is 0 Å². The predicted molar refractivity (Wildman–Crippen MR) is 101 cm³/mol. The van der Waals surface area contributed by atoms with Gasteiger partial charge in [0.15, 0.2) is 0 Å². The number of ether oxygens (including phenoxy) is 2. The first-order valence-corrected chi connectivity index (χ1v) is 8.72. The standard InChI is InChI=1S/C22H24O4/c1-2-15-25-21(23)17-22(24)26-16-9-14-20(18-10-5-3-6-11-18)19-12-7-4-8-13-19/h2-8,10-13,20H,1,9,14-17H2. The highest BCUT2D eigenvalue weighted by atomic mass is 16.6. The Morgan fingerprint density at radius 3 is 1.96 bits per heavy atom. The Balaban J connectivity index is 1.84. The van der Waals surface area contributed by atoms with Crippen molar-refractivity contribution in [3.63, 3.8) is 0 Å². The number of hydrogen-bond acceptors (Lipinski definition) is 4. The van der Waals surface area contributed by atoms with Gasteiger partial charge in [-0.3, -0.25) is 9.59 Å². The highest BCUT2D eigenvalue weighted by Gasteiger charge is 2.15. The van der Waals surface area contributed by atoms with E-state index in [1.54, 1.807) is 0 Å². The van der Waals surface area contributed by atoms with Gasteiger partial charge in [0.25, 0.3) is 0 Å². The predicted octanol–water partition coefficient (Wildman–Crippen LogP) is 4.26. The molecule has 0 amide bonds. The number of rotatable bonds is 10. The van der Waals surface area contributed by atoms with Gasteiger partial charge in [0.1, 0.15) is 13.0 Å². The zero-order chi connectivity index (χ0) is 18.6. The Bertz CT molecular complexity index is 655. The lowest BCUT2D eigenvalue weighted by molar-refractivity contribution is -0.153. The van der Waals surface area contributed by atoms with E-state index in [2.05, 4.69) is 30.8 Å². The van der Waals surface area contributed by atoms with E-state index in [9.17, 15) is 9.59 Å². The Hall–Kier alpha value is -2.88. The molecule has 0 aliphatic rings.